The van der Waals surface area contributed by atoms with Crippen molar-refractivity contribution in [2.45, 2.75) is 38.5 Å². The molecule has 0 saturated heterocycles. The molecule has 0 unspecified atom stereocenters. The van der Waals surface area contributed by atoms with Gasteiger partial charge >= 0.3 is 0 Å². The molecule has 56 heavy (non-hydrogen) atoms. The number of hydrogen-bond donors (Lipinski definition) is 0. The Hall–Kier alpha value is -6.22. The van der Waals surface area contributed by atoms with Crippen molar-refractivity contribution in [3.05, 3.63) is 198 Å². The molecule has 2 heteroatoms. The summed E-state index contributed by atoms with van der Waals surface area (Å²) in [5, 5.41) is 2.62. The molecule has 0 aliphatic heterocycles. The maximum Gasteiger partial charge on any atom is 0.0636 e. The summed E-state index contributed by atoms with van der Waals surface area (Å²) in [6, 6.07) is 65.6. The largest absolute Gasteiger partial charge is 0.309 e. The molecule has 1 nitrogen and oxygen atoms in total. The predicted octanol–water partition coefficient (Wildman–Crippen LogP) is 15.5. The first-order chi connectivity index (χ1) is 27.3. The average molecular weight is 736 g/mol. The van der Waals surface area contributed by atoms with E-state index in [0.717, 1.165) is 5.69 Å². The Balaban J connectivity index is 1.23. The Labute approximate surface area is 333 Å². The molecule has 268 valence electrons. The Morgan fingerprint density at radius 2 is 0.946 bits per heavy atom. The van der Waals surface area contributed by atoms with E-state index in [4.69, 9.17) is 0 Å². The zero-order valence-corrected chi connectivity index (χ0v) is 32.9. The second-order valence-corrected chi connectivity index (χ2v) is 17.6. The Morgan fingerprint density at radius 3 is 1.71 bits per heavy atom. The molecule has 0 bridgehead atoms. The van der Waals surface area contributed by atoms with Gasteiger partial charge in [-0.25, -0.2) is 0 Å². The highest BCUT2D eigenvalue weighted by Gasteiger charge is 2.41. The molecule has 8 aromatic carbocycles. The predicted molar refractivity (Wildman–Crippen MR) is 240 cm³/mol. The van der Waals surface area contributed by atoms with Crippen LogP contribution in [0.3, 0.4) is 0 Å². The van der Waals surface area contributed by atoms with Crippen LogP contribution in [0.5, 0.6) is 0 Å². The summed E-state index contributed by atoms with van der Waals surface area (Å²) in [5.41, 5.74) is 19.0. The summed E-state index contributed by atoms with van der Waals surface area (Å²) in [6.07, 6.45) is 0. The molecule has 0 N–H and O–H groups in total. The molecule has 0 fully saturated rings. The number of nitrogens with zero attached hydrogens (tertiary/aromatic N) is 1. The van der Waals surface area contributed by atoms with Crippen LogP contribution in [0.15, 0.2) is 176 Å². The minimum absolute atomic E-state index is 0.129. The third-order valence-electron chi connectivity index (χ3n) is 12.7. The second-order valence-electron chi connectivity index (χ2n) is 16.5. The van der Waals surface area contributed by atoms with Crippen molar-refractivity contribution in [1.29, 1.82) is 0 Å². The van der Waals surface area contributed by atoms with Crippen LogP contribution in [0, 0.1) is 0 Å². The van der Waals surface area contributed by atoms with E-state index in [1.807, 2.05) is 11.3 Å². The molecular weight excluding hydrogens is 695 g/mol. The Bertz CT molecular complexity index is 3000. The van der Waals surface area contributed by atoms with Crippen LogP contribution >= 0.6 is 11.3 Å². The van der Waals surface area contributed by atoms with Gasteiger partial charge in [-0.3, -0.25) is 0 Å². The fourth-order valence-electron chi connectivity index (χ4n) is 9.76. The average Bonchev–Trinajstić information content (AvgIpc) is 3.81. The van der Waals surface area contributed by atoms with E-state index >= 15 is 0 Å². The van der Waals surface area contributed by atoms with E-state index in [2.05, 4.69) is 209 Å². The van der Waals surface area contributed by atoms with Crippen LogP contribution in [0.4, 0.5) is 17.1 Å². The summed E-state index contributed by atoms with van der Waals surface area (Å²) in [4.78, 5) is 2.59. The molecule has 1 heterocycles. The summed E-state index contributed by atoms with van der Waals surface area (Å²) >= 11 is 1.91. The van der Waals surface area contributed by atoms with Gasteiger partial charge in [0, 0.05) is 47.9 Å². The van der Waals surface area contributed by atoms with Crippen LogP contribution in [0.2, 0.25) is 0 Å². The molecule has 9 aromatic rings. The minimum atomic E-state index is -0.209. The molecule has 0 amide bonds. The van der Waals surface area contributed by atoms with Gasteiger partial charge in [0.25, 0.3) is 0 Å². The molecule has 2 aliphatic carbocycles. The summed E-state index contributed by atoms with van der Waals surface area (Å²) < 4.78 is 2.64. The van der Waals surface area contributed by atoms with Gasteiger partial charge in [-0.15, -0.1) is 11.3 Å². The first kappa shape index (κ1) is 33.1. The number of rotatable bonds is 5. The number of anilines is 3. The van der Waals surface area contributed by atoms with E-state index in [9.17, 15) is 0 Å². The van der Waals surface area contributed by atoms with Crippen LogP contribution in [0.25, 0.3) is 64.7 Å². The summed E-state index contributed by atoms with van der Waals surface area (Å²) in [5.74, 6) is 0. The van der Waals surface area contributed by atoms with Crippen LogP contribution in [0.1, 0.15) is 49.9 Å². The Kier molecular flexibility index (Phi) is 7.18. The summed E-state index contributed by atoms with van der Waals surface area (Å²) in [6.45, 7) is 9.61. The minimum Gasteiger partial charge on any atom is -0.309 e. The normalized spacial score (nSPS) is 14.4. The van der Waals surface area contributed by atoms with Gasteiger partial charge in [0.2, 0.25) is 0 Å². The SMILES string of the molecule is CC1(C)c2ccccc2-c2ccc(N(c3ccc(-c4ccccc4)cc3)c3c4c(cc5sc6ccccc6c35)C(C)(C)c3cc(-c5ccccc5)ccc3-4)cc21. The first-order valence-corrected chi connectivity index (χ1v) is 20.5. The zero-order chi connectivity index (χ0) is 37.8. The monoisotopic (exact) mass is 735 g/mol. The molecule has 0 radical (unpaired) electrons. The highest BCUT2D eigenvalue weighted by Crippen LogP contribution is 2.60. The number of fused-ring (bicyclic) bond motifs is 9. The number of thiophene rings is 1. The molecule has 0 atom stereocenters. The van der Waals surface area contributed by atoms with Gasteiger partial charge in [-0.2, -0.15) is 0 Å². The summed E-state index contributed by atoms with van der Waals surface area (Å²) in [7, 11) is 0. The Morgan fingerprint density at radius 1 is 0.393 bits per heavy atom. The number of hydrogen-bond acceptors (Lipinski definition) is 2. The fraction of sp³-hybridized carbons (Fsp3) is 0.111. The van der Waals surface area contributed by atoms with Crippen molar-refractivity contribution in [3.63, 3.8) is 0 Å². The van der Waals surface area contributed by atoms with Crippen molar-refractivity contribution < 1.29 is 0 Å². The van der Waals surface area contributed by atoms with Gasteiger partial charge in [0.05, 0.1) is 5.69 Å². The van der Waals surface area contributed by atoms with E-state index in [1.165, 1.54) is 98.3 Å². The van der Waals surface area contributed by atoms with Crippen molar-refractivity contribution in [1.82, 2.24) is 0 Å². The quantitative estimate of drug-likeness (QED) is 0.170. The molecule has 11 rings (SSSR count). The van der Waals surface area contributed by atoms with Crippen LogP contribution in [-0.4, -0.2) is 0 Å². The lowest BCUT2D eigenvalue weighted by Gasteiger charge is -2.31. The van der Waals surface area contributed by atoms with E-state index in [0.29, 0.717) is 0 Å². The van der Waals surface area contributed by atoms with Gasteiger partial charge < -0.3 is 4.90 Å². The van der Waals surface area contributed by atoms with E-state index < -0.39 is 0 Å². The van der Waals surface area contributed by atoms with Gasteiger partial charge in [-0.05, 0) is 104 Å². The lowest BCUT2D eigenvalue weighted by Crippen LogP contribution is -2.18. The molecule has 0 saturated carbocycles. The topological polar surface area (TPSA) is 3.24 Å². The van der Waals surface area contributed by atoms with Crippen molar-refractivity contribution >= 4 is 48.6 Å². The highest BCUT2D eigenvalue weighted by molar-refractivity contribution is 7.26. The lowest BCUT2D eigenvalue weighted by atomic mass is 9.81. The third-order valence-corrected chi connectivity index (χ3v) is 13.8. The second kappa shape index (κ2) is 12.1. The molecular formula is C54H41NS. The van der Waals surface area contributed by atoms with E-state index in [1.54, 1.807) is 0 Å². The molecule has 1 aromatic heterocycles. The van der Waals surface area contributed by atoms with Crippen LogP contribution < -0.4 is 4.90 Å². The molecule has 2 aliphatic rings. The maximum absolute atomic E-state index is 2.59. The number of benzene rings is 8. The van der Waals surface area contributed by atoms with Gasteiger partial charge in [-0.1, -0.05) is 161 Å². The first-order valence-electron chi connectivity index (χ1n) is 19.7. The van der Waals surface area contributed by atoms with Crippen molar-refractivity contribution in [2.75, 3.05) is 4.90 Å². The lowest BCUT2D eigenvalue weighted by molar-refractivity contribution is 0.660. The van der Waals surface area contributed by atoms with Crippen molar-refractivity contribution in [3.8, 4) is 44.5 Å². The van der Waals surface area contributed by atoms with Crippen molar-refractivity contribution in [2.24, 2.45) is 0 Å². The smallest absolute Gasteiger partial charge is 0.0636 e. The maximum atomic E-state index is 2.59. The van der Waals surface area contributed by atoms with Crippen LogP contribution in [-0.2, 0) is 10.8 Å². The standard InChI is InChI=1S/C54H41NS/c1-53(2)44-21-13-11-19-40(44)41-30-28-39(32-46(41)53)55(38-26-23-36(24-27-38)34-15-7-5-8-16-34)52-50-42-29-25-37(35-17-9-6-10-18-35)31-45(42)54(3,4)47(50)33-49-51(52)43-20-12-14-22-48(43)56-49/h5-33H,1-4H3. The molecule has 0 spiro atoms. The zero-order valence-electron chi connectivity index (χ0n) is 32.1. The van der Waals surface area contributed by atoms with Gasteiger partial charge in [0.15, 0.2) is 0 Å². The highest BCUT2D eigenvalue weighted by atomic mass is 32.1. The van der Waals surface area contributed by atoms with Gasteiger partial charge in [0.1, 0.15) is 0 Å². The van der Waals surface area contributed by atoms with E-state index in [-0.39, 0.29) is 10.8 Å². The fourth-order valence-corrected chi connectivity index (χ4v) is 10.9. The third kappa shape index (κ3) is 4.79.